The summed E-state index contributed by atoms with van der Waals surface area (Å²) in [7, 11) is 0.377. The van der Waals surface area contributed by atoms with Gasteiger partial charge in [-0.1, -0.05) is 30.3 Å². The fourth-order valence-electron chi connectivity index (χ4n) is 3.07. The third-order valence-electron chi connectivity index (χ3n) is 4.85. The zero-order valence-corrected chi connectivity index (χ0v) is 16.5. The Morgan fingerprint density at radius 2 is 1.56 bits per heavy atom. The van der Waals surface area contributed by atoms with Crippen molar-refractivity contribution in [3.05, 3.63) is 65.7 Å². The van der Waals surface area contributed by atoms with E-state index in [-0.39, 0.29) is 11.7 Å². The highest BCUT2D eigenvalue weighted by Crippen LogP contribution is 2.17. The first-order valence-electron chi connectivity index (χ1n) is 8.95. The molecule has 2 aromatic carbocycles. The lowest BCUT2D eigenvalue weighted by Crippen LogP contribution is -2.47. The molecule has 1 heterocycles. The number of carbonyl (C=O) groups excluding carboxylic acids is 1. The van der Waals surface area contributed by atoms with Gasteiger partial charge < -0.3 is 9.80 Å². The molecule has 6 nitrogen and oxygen atoms in total. The van der Waals surface area contributed by atoms with Crippen molar-refractivity contribution in [2.24, 2.45) is 0 Å². The number of anilines is 1. The average Bonchev–Trinajstić information content (AvgIpc) is 2.68. The van der Waals surface area contributed by atoms with Crippen LogP contribution in [0.1, 0.15) is 15.9 Å². The zero-order valence-electron chi connectivity index (χ0n) is 15.7. The summed E-state index contributed by atoms with van der Waals surface area (Å²) in [6.07, 6.45) is 0. The van der Waals surface area contributed by atoms with Gasteiger partial charge in [-0.15, -0.1) is 0 Å². The maximum atomic E-state index is 12.6. The minimum atomic E-state index is -3.34. The number of hydrogen-bond donors (Lipinski definition) is 0. The second-order valence-electron chi connectivity index (χ2n) is 6.86. The van der Waals surface area contributed by atoms with Crippen LogP contribution in [0, 0.1) is 0 Å². The van der Waals surface area contributed by atoms with Crippen molar-refractivity contribution >= 4 is 21.6 Å². The molecule has 7 heteroatoms. The van der Waals surface area contributed by atoms with Crippen molar-refractivity contribution in [1.82, 2.24) is 9.21 Å². The molecule has 2 aromatic rings. The first-order valence-corrected chi connectivity index (χ1v) is 10.6. The lowest BCUT2D eigenvalue weighted by atomic mass is 10.1. The number of rotatable bonds is 5. The summed E-state index contributed by atoms with van der Waals surface area (Å²) in [6.45, 7) is 2.55. The monoisotopic (exact) mass is 387 g/mol. The Balaban J connectivity index is 1.67. The molecule has 0 aliphatic carbocycles. The summed E-state index contributed by atoms with van der Waals surface area (Å²) >= 11 is 0. The molecule has 27 heavy (non-hydrogen) atoms. The lowest BCUT2D eigenvalue weighted by Gasteiger charge is -2.31. The van der Waals surface area contributed by atoms with Crippen LogP contribution in [0.5, 0.6) is 0 Å². The quantitative estimate of drug-likeness (QED) is 0.788. The van der Waals surface area contributed by atoms with E-state index in [9.17, 15) is 13.2 Å². The lowest BCUT2D eigenvalue weighted by molar-refractivity contribution is 0.0993. The van der Waals surface area contributed by atoms with E-state index < -0.39 is 10.0 Å². The summed E-state index contributed by atoms with van der Waals surface area (Å²) in [5, 5.41) is 0. The van der Waals surface area contributed by atoms with E-state index >= 15 is 0 Å². The second kappa shape index (κ2) is 8.21. The number of nitrogens with zero attached hydrogens (tertiary/aromatic N) is 3. The van der Waals surface area contributed by atoms with Gasteiger partial charge in [-0.2, -0.15) is 4.31 Å². The number of likely N-dealkylation sites (N-methyl/N-ethyl adjacent to an activating group) is 1. The Kier molecular flexibility index (Phi) is 5.94. The Labute approximate surface area is 161 Å². The maximum absolute atomic E-state index is 12.6. The summed E-state index contributed by atoms with van der Waals surface area (Å²) in [4.78, 5) is 16.3. The number of carbonyl (C=O) groups is 1. The predicted molar refractivity (Wildman–Crippen MR) is 107 cm³/mol. The van der Waals surface area contributed by atoms with Gasteiger partial charge in [-0.25, -0.2) is 8.42 Å². The molecule has 0 spiro atoms. The molecule has 0 saturated carbocycles. The van der Waals surface area contributed by atoms with E-state index in [1.54, 1.807) is 40.5 Å². The van der Waals surface area contributed by atoms with Gasteiger partial charge in [0, 0.05) is 44.5 Å². The van der Waals surface area contributed by atoms with Crippen molar-refractivity contribution in [2.45, 2.75) is 5.75 Å². The summed E-state index contributed by atoms with van der Waals surface area (Å²) in [5.41, 5.74) is 2.03. The van der Waals surface area contributed by atoms with E-state index in [4.69, 9.17) is 0 Å². The summed E-state index contributed by atoms with van der Waals surface area (Å²) < 4.78 is 26.8. The molecule has 3 rings (SSSR count). The Morgan fingerprint density at radius 1 is 0.963 bits per heavy atom. The van der Waals surface area contributed by atoms with Crippen molar-refractivity contribution in [2.75, 3.05) is 45.2 Å². The normalized spacial score (nSPS) is 16.2. The van der Waals surface area contributed by atoms with Crippen molar-refractivity contribution < 1.29 is 13.2 Å². The summed E-state index contributed by atoms with van der Waals surface area (Å²) in [5.74, 6) is -0.172. The molecule has 144 valence electrons. The van der Waals surface area contributed by atoms with Crippen molar-refractivity contribution in [3.8, 4) is 0 Å². The number of para-hydroxylation sites is 1. The first kappa shape index (κ1) is 19.5. The molecule has 1 amide bonds. The molecule has 0 atom stereocenters. The summed E-state index contributed by atoms with van der Waals surface area (Å²) in [6, 6.07) is 16.2. The van der Waals surface area contributed by atoms with Crippen LogP contribution in [0.25, 0.3) is 0 Å². The highest BCUT2D eigenvalue weighted by Gasteiger charge is 2.26. The number of piperazine rings is 1. The second-order valence-corrected chi connectivity index (χ2v) is 8.82. The van der Waals surface area contributed by atoms with Crippen LogP contribution in [-0.2, 0) is 15.8 Å². The Morgan fingerprint density at radius 3 is 2.15 bits per heavy atom. The van der Waals surface area contributed by atoms with E-state index in [1.165, 1.54) is 0 Å². The number of benzene rings is 2. The minimum Gasteiger partial charge on any atom is -0.311 e. The maximum Gasteiger partial charge on any atom is 0.258 e. The fraction of sp³-hybridized carbons (Fsp3) is 0.350. The molecule has 1 fully saturated rings. The van der Waals surface area contributed by atoms with Crippen LogP contribution in [-0.4, -0.2) is 63.8 Å². The topological polar surface area (TPSA) is 60.9 Å². The third kappa shape index (κ3) is 4.74. The molecule has 0 N–H and O–H groups in total. The molecule has 0 aromatic heterocycles. The molecule has 0 bridgehead atoms. The number of hydrogen-bond acceptors (Lipinski definition) is 4. The van der Waals surface area contributed by atoms with E-state index in [1.807, 2.05) is 37.4 Å². The van der Waals surface area contributed by atoms with Gasteiger partial charge in [-0.3, -0.25) is 4.79 Å². The molecular formula is C20H25N3O3S. The van der Waals surface area contributed by atoms with Crippen LogP contribution in [0.15, 0.2) is 54.6 Å². The van der Waals surface area contributed by atoms with Gasteiger partial charge in [0.2, 0.25) is 10.0 Å². The zero-order chi connectivity index (χ0) is 19.4. The molecule has 1 aliphatic rings. The molecule has 0 unspecified atom stereocenters. The van der Waals surface area contributed by atoms with Crippen LogP contribution in [0.4, 0.5) is 5.69 Å². The fourth-order valence-corrected chi connectivity index (χ4v) is 4.59. The minimum absolute atomic E-state index is 0.0420. The number of sulfonamides is 1. The van der Waals surface area contributed by atoms with Crippen molar-refractivity contribution in [3.63, 3.8) is 0 Å². The largest absolute Gasteiger partial charge is 0.311 e. The molecule has 0 radical (unpaired) electrons. The Hall–Kier alpha value is -2.22. The van der Waals surface area contributed by atoms with Gasteiger partial charge >= 0.3 is 0 Å². The van der Waals surface area contributed by atoms with Gasteiger partial charge in [0.15, 0.2) is 0 Å². The number of amides is 1. The van der Waals surface area contributed by atoms with Crippen LogP contribution < -0.4 is 4.90 Å². The molecule has 1 aliphatic heterocycles. The van der Waals surface area contributed by atoms with Crippen LogP contribution in [0.3, 0.4) is 0 Å². The predicted octanol–water partition coefficient (Wildman–Crippen LogP) is 2.04. The molecular weight excluding hydrogens is 362 g/mol. The average molecular weight is 388 g/mol. The van der Waals surface area contributed by atoms with Crippen molar-refractivity contribution in [1.29, 1.82) is 0 Å². The van der Waals surface area contributed by atoms with Crippen LogP contribution >= 0.6 is 0 Å². The first-order chi connectivity index (χ1) is 12.9. The van der Waals surface area contributed by atoms with E-state index in [0.29, 0.717) is 24.2 Å². The Bertz CT molecular complexity index is 874. The SMILES string of the molecule is CN1CCN(S(=O)(=O)Cc2ccc(C(=O)N(C)c3ccccc3)cc2)CC1. The highest BCUT2D eigenvalue weighted by molar-refractivity contribution is 7.88. The van der Waals surface area contributed by atoms with E-state index in [2.05, 4.69) is 4.90 Å². The smallest absolute Gasteiger partial charge is 0.258 e. The van der Waals surface area contributed by atoms with Crippen LogP contribution in [0.2, 0.25) is 0 Å². The van der Waals surface area contributed by atoms with Gasteiger partial charge in [0.05, 0.1) is 5.75 Å². The van der Waals surface area contributed by atoms with Gasteiger partial charge in [-0.05, 0) is 36.9 Å². The van der Waals surface area contributed by atoms with Gasteiger partial charge in [0.25, 0.3) is 5.91 Å². The van der Waals surface area contributed by atoms with E-state index in [0.717, 1.165) is 18.8 Å². The van der Waals surface area contributed by atoms with Gasteiger partial charge in [0.1, 0.15) is 0 Å². The molecule has 1 saturated heterocycles. The highest BCUT2D eigenvalue weighted by atomic mass is 32.2. The third-order valence-corrected chi connectivity index (χ3v) is 6.70. The standard InChI is InChI=1S/C20H25N3O3S/c1-21-12-14-23(15-13-21)27(25,26)16-17-8-10-18(11-9-17)20(24)22(2)19-6-4-3-5-7-19/h3-11H,12-16H2,1-2H3.